The van der Waals surface area contributed by atoms with Gasteiger partial charge in [-0.3, -0.25) is 0 Å². The molecule has 0 spiro atoms. The van der Waals surface area contributed by atoms with Gasteiger partial charge in [-0.2, -0.15) is 9.78 Å². The van der Waals surface area contributed by atoms with E-state index in [9.17, 15) is 4.79 Å². The molecular formula is C19H20N4O3. The van der Waals surface area contributed by atoms with E-state index in [0.717, 1.165) is 22.7 Å². The number of carbonyl (C=O) groups is 1. The number of methoxy groups -OCH3 is 1. The number of benzene rings is 1. The predicted molar refractivity (Wildman–Crippen MR) is 96.6 cm³/mol. The van der Waals surface area contributed by atoms with E-state index >= 15 is 0 Å². The predicted octanol–water partition coefficient (Wildman–Crippen LogP) is 3.13. The first-order valence-corrected chi connectivity index (χ1v) is 8.26. The second-order valence-electron chi connectivity index (χ2n) is 5.73. The highest BCUT2D eigenvalue weighted by Crippen LogP contribution is 2.24. The maximum Gasteiger partial charge on any atom is 0.357 e. The lowest BCUT2D eigenvalue weighted by Gasteiger charge is -2.06. The van der Waals surface area contributed by atoms with Gasteiger partial charge in [0.25, 0.3) is 5.95 Å². The summed E-state index contributed by atoms with van der Waals surface area (Å²) in [5.74, 6) is 0.615. The van der Waals surface area contributed by atoms with Crippen LogP contribution in [0.2, 0.25) is 0 Å². The lowest BCUT2D eigenvalue weighted by Crippen LogP contribution is -2.14. The van der Waals surface area contributed by atoms with Gasteiger partial charge in [0.05, 0.1) is 19.4 Å². The Bertz CT molecular complexity index is 912. The van der Waals surface area contributed by atoms with Gasteiger partial charge in [0.2, 0.25) is 0 Å². The smallest absolute Gasteiger partial charge is 0.357 e. The van der Waals surface area contributed by atoms with Crippen molar-refractivity contribution < 1.29 is 14.3 Å². The molecule has 7 heteroatoms. The van der Waals surface area contributed by atoms with Crippen LogP contribution in [0.25, 0.3) is 17.2 Å². The molecule has 0 unspecified atom stereocenters. The van der Waals surface area contributed by atoms with Crippen molar-refractivity contribution in [3.63, 3.8) is 0 Å². The molecule has 0 radical (unpaired) electrons. The van der Waals surface area contributed by atoms with E-state index < -0.39 is 5.97 Å². The van der Waals surface area contributed by atoms with E-state index in [2.05, 4.69) is 15.1 Å². The summed E-state index contributed by atoms with van der Waals surface area (Å²) in [6.45, 7) is 5.78. The molecule has 0 N–H and O–H groups in total. The molecule has 0 saturated heterocycles. The summed E-state index contributed by atoms with van der Waals surface area (Å²) < 4.78 is 11.8. The monoisotopic (exact) mass is 352 g/mol. The first-order chi connectivity index (χ1) is 12.5. The molecule has 1 aromatic carbocycles. The van der Waals surface area contributed by atoms with Crippen LogP contribution in [0, 0.1) is 13.8 Å². The average Bonchev–Trinajstić information content (AvgIpc) is 3.07. The van der Waals surface area contributed by atoms with Crippen LogP contribution in [0.1, 0.15) is 28.8 Å². The fourth-order valence-electron chi connectivity index (χ4n) is 2.59. The summed E-state index contributed by atoms with van der Waals surface area (Å²) in [6, 6.07) is 11.0. The van der Waals surface area contributed by atoms with Gasteiger partial charge < -0.3 is 9.47 Å². The number of nitrogens with zero attached hydrogens (tertiary/aromatic N) is 4. The van der Waals surface area contributed by atoms with Crippen LogP contribution in [-0.4, -0.2) is 39.4 Å². The molecule has 26 heavy (non-hydrogen) atoms. The van der Waals surface area contributed by atoms with Gasteiger partial charge in [-0.25, -0.2) is 14.8 Å². The minimum Gasteiger partial charge on any atom is -0.497 e. The molecule has 7 nitrogen and oxygen atoms in total. The summed E-state index contributed by atoms with van der Waals surface area (Å²) in [7, 11) is 1.61. The molecule has 2 aromatic heterocycles. The maximum atomic E-state index is 12.4. The summed E-state index contributed by atoms with van der Waals surface area (Å²) in [5, 5.41) is 4.54. The Morgan fingerprint density at radius 3 is 2.31 bits per heavy atom. The number of ether oxygens (including phenoxy) is 2. The molecule has 134 valence electrons. The summed E-state index contributed by atoms with van der Waals surface area (Å²) >= 11 is 0. The van der Waals surface area contributed by atoms with E-state index in [-0.39, 0.29) is 12.3 Å². The van der Waals surface area contributed by atoms with Gasteiger partial charge in [0.1, 0.15) is 5.75 Å². The molecule has 0 aliphatic carbocycles. The number of esters is 1. The largest absolute Gasteiger partial charge is 0.497 e. The third kappa shape index (κ3) is 3.56. The molecule has 3 aromatic rings. The minimum atomic E-state index is -0.470. The second kappa shape index (κ2) is 7.35. The SMILES string of the molecule is CCOC(=O)c1cc(-c2ccc(OC)cc2)nn1-c1nc(C)cc(C)n1. The Morgan fingerprint density at radius 2 is 1.73 bits per heavy atom. The lowest BCUT2D eigenvalue weighted by atomic mass is 10.1. The number of rotatable bonds is 5. The van der Waals surface area contributed by atoms with Crippen LogP contribution in [0.15, 0.2) is 36.4 Å². The van der Waals surface area contributed by atoms with Crippen molar-refractivity contribution in [3.8, 4) is 23.0 Å². The Morgan fingerprint density at radius 1 is 1.08 bits per heavy atom. The van der Waals surface area contributed by atoms with Crippen LogP contribution in [0.4, 0.5) is 0 Å². The van der Waals surface area contributed by atoms with Gasteiger partial charge in [0, 0.05) is 17.0 Å². The van der Waals surface area contributed by atoms with Gasteiger partial charge in [-0.1, -0.05) is 0 Å². The zero-order valence-corrected chi connectivity index (χ0v) is 15.2. The topological polar surface area (TPSA) is 79.1 Å². The van der Waals surface area contributed by atoms with Crippen LogP contribution < -0.4 is 4.74 Å². The minimum absolute atomic E-state index is 0.273. The van der Waals surface area contributed by atoms with Gasteiger partial charge in [-0.05, 0) is 57.2 Å². The Balaban J connectivity index is 2.12. The van der Waals surface area contributed by atoms with Crippen molar-refractivity contribution in [2.45, 2.75) is 20.8 Å². The van der Waals surface area contributed by atoms with E-state index in [0.29, 0.717) is 11.6 Å². The standard InChI is InChI=1S/C19H20N4O3/c1-5-26-18(24)17-11-16(14-6-8-15(25-4)9-7-14)22-23(17)19-20-12(2)10-13(3)21-19/h6-11H,5H2,1-4H3. The third-order valence-corrected chi connectivity index (χ3v) is 3.74. The number of hydrogen-bond donors (Lipinski definition) is 0. The zero-order valence-electron chi connectivity index (χ0n) is 15.2. The fraction of sp³-hybridized carbons (Fsp3) is 0.263. The van der Waals surface area contributed by atoms with Crippen molar-refractivity contribution in [1.82, 2.24) is 19.7 Å². The molecule has 0 amide bonds. The number of carbonyl (C=O) groups excluding carboxylic acids is 1. The molecular weight excluding hydrogens is 332 g/mol. The quantitative estimate of drug-likeness (QED) is 0.657. The number of aromatic nitrogens is 4. The lowest BCUT2D eigenvalue weighted by molar-refractivity contribution is 0.0515. The molecule has 0 aliphatic heterocycles. The number of aryl methyl sites for hydroxylation is 2. The highest BCUT2D eigenvalue weighted by atomic mass is 16.5. The Hall–Kier alpha value is -3.22. The molecule has 0 atom stereocenters. The van der Waals surface area contributed by atoms with Crippen molar-refractivity contribution in [2.24, 2.45) is 0 Å². The summed E-state index contributed by atoms with van der Waals surface area (Å²) in [6.07, 6.45) is 0. The second-order valence-corrected chi connectivity index (χ2v) is 5.73. The Kier molecular flexibility index (Phi) is 4.97. The van der Waals surface area contributed by atoms with Crippen LogP contribution in [-0.2, 0) is 4.74 Å². The highest BCUT2D eigenvalue weighted by Gasteiger charge is 2.20. The Labute approximate surface area is 151 Å². The van der Waals surface area contributed by atoms with Crippen LogP contribution in [0.3, 0.4) is 0 Å². The molecule has 0 bridgehead atoms. The fourth-order valence-corrected chi connectivity index (χ4v) is 2.59. The molecule has 2 heterocycles. The van der Waals surface area contributed by atoms with E-state index in [1.807, 2.05) is 44.2 Å². The highest BCUT2D eigenvalue weighted by molar-refractivity contribution is 5.89. The van der Waals surface area contributed by atoms with Crippen LogP contribution in [0.5, 0.6) is 5.75 Å². The zero-order chi connectivity index (χ0) is 18.7. The summed E-state index contributed by atoms with van der Waals surface area (Å²) in [5.41, 5.74) is 3.34. The molecule has 3 rings (SSSR count). The van der Waals surface area contributed by atoms with Crippen molar-refractivity contribution in [3.05, 3.63) is 53.5 Å². The molecule has 0 fully saturated rings. The van der Waals surface area contributed by atoms with Crippen molar-refractivity contribution >= 4 is 5.97 Å². The van der Waals surface area contributed by atoms with Crippen molar-refractivity contribution in [1.29, 1.82) is 0 Å². The first-order valence-electron chi connectivity index (χ1n) is 8.26. The van der Waals surface area contributed by atoms with Crippen molar-refractivity contribution in [2.75, 3.05) is 13.7 Å². The third-order valence-electron chi connectivity index (χ3n) is 3.74. The number of hydrogen-bond acceptors (Lipinski definition) is 6. The van der Waals surface area contributed by atoms with E-state index in [4.69, 9.17) is 9.47 Å². The van der Waals surface area contributed by atoms with Gasteiger partial charge in [0.15, 0.2) is 5.69 Å². The first kappa shape index (κ1) is 17.6. The van der Waals surface area contributed by atoms with Gasteiger partial charge >= 0.3 is 5.97 Å². The molecule has 0 saturated carbocycles. The molecule has 0 aliphatic rings. The summed E-state index contributed by atoms with van der Waals surface area (Å²) in [4.78, 5) is 21.2. The van der Waals surface area contributed by atoms with E-state index in [1.165, 1.54) is 4.68 Å². The maximum absolute atomic E-state index is 12.4. The average molecular weight is 352 g/mol. The normalized spacial score (nSPS) is 10.6. The van der Waals surface area contributed by atoms with E-state index in [1.54, 1.807) is 20.1 Å². The van der Waals surface area contributed by atoms with Crippen LogP contribution >= 0.6 is 0 Å². The van der Waals surface area contributed by atoms with Gasteiger partial charge in [-0.15, -0.1) is 0 Å².